The van der Waals surface area contributed by atoms with Crippen molar-refractivity contribution in [2.45, 2.75) is 13.1 Å². The summed E-state index contributed by atoms with van der Waals surface area (Å²) in [6, 6.07) is 12.0. The Labute approximate surface area is 105 Å². The predicted molar refractivity (Wildman–Crippen MR) is 67.9 cm³/mol. The lowest BCUT2D eigenvalue weighted by molar-refractivity contribution is 0.251. The summed E-state index contributed by atoms with van der Waals surface area (Å²) in [5.74, 6) is 1.81. The fourth-order valence-electron chi connectivity index (χ4n) is 2.03. The minimum Gasteiger partial charge on any atom is -0.460 e. The van der Waals surface area contributed by atoms with Crippen LogP contribution in [0.1, 0.15) is 11.5 Å². The maximum Gasteiger partial charge on any atom is 0.150 e. The third-order valence-corrected chi connectivity index (χ3v) is 2.82. The number of rotatable bonds is 4. The molecule has 2 aromatic heterocycles. The largest absolute Gasteiger partial charge is 0.460 e. The molecule has 0 aliphatic carbocycles. The van der Waals surface area contributed by atoms with E-state index in [2.05, 4.69) is 22.2 Å². The molecule has 0 aliphatic heterocycles. The molecule has 0 saturated heterocycles. The van der Waals surface area contributed by atoms with E-state index >= 15 is 0 Å². The van der Waals surface area contributed by atoms with Crippen LogP contribution in [-0.4, -0.2) is 17.1 Å². The quantitative estimate of drug-likeness (QED) is 0.705. The van der Waals surface area contributed by atoms with Gasteiger partial charge in [-0.15, -0.1) is 0 Å². The van der Waals surface area contributed by atoms with E-state index in [1.807, 2.05) is 31.3 Å². The van der Waals surface area contributed by atoms with Crippen molar-refractivity contribution in [1.29, 1.82) is 0 Å². The first-order valence-electron chi connectivity index (χ1n) is 5.87. The standard InChI is InChI=1S/C14H14N2O2/c1-16(9-12-6-7-15-18-12)10-13-8-11-4-2-3-5-14(11)17-13/h2-8H,9-10H2,1H3. The van der Waals surface area contributed by atoms with Gasteiger partial charge in [0.25, 0.3) is 0 Å². The van der Waals surface area contributed by atoms with Crippen LogP contribution in [-0.2, 0) is 13.1 Å². The van der Waals surface area contributed by atoms with Crippen molar-refractivity contribution in [2.24, 2.45) is 0 Å². The summed E-state index contributed by atoms with van der Waals surface area (Å²) in [7, 11) is 2.02. The Hall–Kier alpha value is -2.07. The molecule has 0 bridgehead atoms. The second-order valence-corrected chi connectivity index (χ2v) is 4.40. The Kier molecular flexibility index (Phi) is 2.86. The van der Waals surface area contributed by atoms with Crippen LogP contribution in [0.3, 0.4) is 0 Å². The second-order valence-electron chi connectivity index (χ2n) is 4.40. The predicted octanol–water partition coefficient (Wildman–Crippen LogP) is 3.05. The first-order chi connectivity index (χ1) is 8.81. The van der Waals surface area contributed by atoms with Crippen molar-refractivity contribution in [3.63, 3.8) is 0 Å². The van der Waals surface area contributed by atoms with Gasteiger partial charge in [0, 0.05) is 11.5 Å². The molecule has 3 rings (SSSR count). The van der Waals surface area contributed by atoms with E-state index < -0.39 is 0 Å². The molecule has 4 nitrogen and oxygen atoms in total. The molecule has 3 aromatic rings. The van der Waals surface area contributed by atoms with Crippen LogP contribution in [0.15, 0.2) is 51.5 Å². The number of fused-ring (bicyclic) bond motifs is 1. The van der Waals surface area contributed by atoms with Gasteiger partial charge in [-0.25, -0.2) is 0 Å². The molecule has 0 unspecified atom stereocenters. The van der Waals surface area contributed by atoms with Crippen molar-refractivity contribution < 1.29 is 8.94 Å². The SMILES string of the molecule is CN(Cc1ccno1)Cc1cc2ccccc2o1. The molecule has 0 spiro atoms. The Morgan fingerprint density at radius 3 is 2.72 bits per heavy atom. The van der Waals surface area contributed by atoms with E-state index in [1.54, 1.807) is 6.20 Å². The maximum absolute atomic E-state index is 5.77. The van der Waals surface area contributed by atoms with Crippen molar-refractivity contribution in [1.82, 2.24) is 10.1 Å². The molecule has 0 N–H and O–H groups in total. The fourth-order valence-corrected chi connectivity index (χ4v) is 2.03. The zero-order valence-corrected chi connectivity index (χ0v) is 10.2. The van der Waals surface area contributed by atoms with Crippen LogP contribution in [0.4, 0.5) is 0 Å². The molecule has 0 radical (unpaired) electrons. The Morgan fingerprint density at radius 2 is 1.94 bits per heavy atom. The van der Waals surface area contributed by atoms with Gasteiger partial charge in [0.1, 0.15) is 11.3 Å². The van der Waals surface area contributed by atoms with Crippen LogP contribution in [0.25, 0.3) is 11.0 Å². The Balaban J connectivity index is 1.71. The number of hydrogen-bond acceptors (Lipinski definition) is 4. The molecule has 92 valence electrons. The van der Waals surface area contributed by atoms with E-state index in [1.165, 1.54) is 0 Å². The van der Waals surface area contributed by atoms with Gasteiger partial charge in [0.15, 0.2) is 5.76 Å². The molecule has 2 heterocycles. The molecular formula is C14H14N2O2. The smallest absolute Gasteiger partial charge is 0.150 e. The first kappa shape index (κ1) is 11.0. The highest BCUT2D eigenvalue weighted by molar-refractivity contribution is 5.77. The van der Waals surface area contributed by atoms with Gasteiger partial charge in [-0.05, 0) is 19.2 Å². The van der Waals surface area contributed by atoms with Gasteiger partial charge in [0.05, 0.1) is 19.3 Å². The number of furan rings is 1. The van der Waals surface area contributed by atoms with E-state index in [4.69, 9.17) is 8.94 Å². The summed E-state index contributed by atoms with van der Waals surface area (Å²) in [4.78, 5) is 2.12. The molecule has 1 aromatic carbocycles. The lowest BCUT2D eigenvalue weighted by Gasteiger charge is -2.12. The zero-order chi connectivity index (χ0) is 12.4. The van der Waals surface area contributed by atoms with Crippen LogP contribution < -0.4 is 0 Å². The third-order valence-electron chi connectivity index (χ3n) is 2.82. The van der Waals surface area contributed by atoms with Gasteiger partial charge in [0.2, 0.25) is 0 Å². The summed E-state index contributed by atoms with van der Waals surface area (Å²) in [5.41, 5.74) is 0.931. The van der Waals surface area contributed by atoms with Crippen LogP contribution in [0.5, 0.6) is 0 Å². The number of benzene rings is 1. The van der Waals surface area contributed by atoms with Crippen LogP contribution >= 0.6 is 0 Å². The van der Waals surface area contributed by atoms with Crippen molar-refractivity contribution in [3.05, 3.63) is 54.1 Å². The molecule has 0 fully saturated rings. The van der Waals surface area contributed by atoms with E-state index in [0.717, 1.165) is 35.6 Å². The first-order valence-corrected chi connectivity index (χ1v) is 5.87. The second kappa shape index (κ2) is 4.66. The van der Waals surface area contributed by atoms with Crippen LogP contribution in [0.2, 0.25) is 0 Å². The molecule has 4 heteroatoms. The molecule has 0 atom stereocenters. The lowest BCUT2D eigenvalue weighted by atomic mass is 10.2. The fraction of sp³-hybridized carbons (Fsp3) is 0.214. The van der Waals surface area contributed by atoms with E-state index in [0.29, 0.717) is 0 Å². The monoisotopic (exact) mass is 242 g/mol. The van der Waals surface area contributed by atoms with Gasteiger partial charge in [-0.3, -0.25) is 4.90 Å². The molecule has 0 aliphatic rings. The summed E-state index contributed by atoms with van der Waals surface area (Å²) in [6.45, 7) is 1.46. The number of hydrogen-bond donors (Lipinski definition) is 0. The molecule has 18 heavy (non-hydrogen) atoms. The molecule has 0 amide bonds. The normalized spacial score (nSPS) is 11.4. The van der Waals surface area contributed by atoms with Crippen molar-refractivity contribution in [3.8, 4) is 0 Å². The number of aromatic nitrogens is 1. The maximum atomic E-state index is 5.77. The summed E-state index contributed by atoms with van der Waals surface area (Å²) in [5, 5.41) is 4.83. The van der Waals surface area contributed by atoms with E-state index in [9.17, 15) is 0 Å². The highest BCUT2D eigenvalue weighted by atomic mass is 16.5. The molecular weight excluding hydrogens is 228 g/mol. The number of nitrogens with zero attached hydrogens (tertiary/aromatic N) is 2. The summed E-state index contributed by atoms with van der Waals surface area (Å²) < 4.78 is 10.8. The van der Waals surface area contributed by atoms with Gasteiger partial charge in [-0.2, -0.15) is 0 Å². The van der Waals surface area contributed by atoms with Crippen molar-refractivity contribution >= 4 is 11.0 Å². The highest BCUT2D eigenvalue weighted by Gasteiger charge is 2.08. The van der Waals surface area contributed by atoms with Crippen LogP contribution in [0, 0.1) is 0 Å². The topological polar surface area (TPSA) is 42.4 Å². The summed E-state index contributed by atoms with van der Waals surface area (Å²) >= 11 is 0. The lowest BCUT2D eigenvalue weighted by Crippen LogP contribution is -2.16. The molecule has 0 saturated carbocycles. The zero-order valence-electron chi connectivity index (χ0n) is 10.2. The van der Waals surface area contributed by atoms with Gasteiger partial charge < -0.3 is 8.94 Å². The average molecular weight is 242 g/mol. The van der Waals surface area contributed by atoms with Crippen molar-refractivity contribution in [2.75, 3.05) is 7.05 Å². The Morgan fingerprint density at radius 1 is 1.11 bits per heavy atom. The third kappa shape index (κ3) is 2.28. The van der Waals surface area contributed by atoms with E-state index in [-0.39, 0.29) is 0 Å². The number of para-hydroxylation sites is 1. The van der Waals surface area contributed by atoms with Gasteiger partial charge in [-0.1, -0.05) is 23.4 Å². The highest BCUT2D eigenvalue weighted by Crippen LogP contribution is 2.20. The minimum absolute atomic E-state index is 0.719. The Bertz CT molecular complexity index is 595. The van der Waals surface area contributed by atoms with Gasteiger partial charge >= 0.3 is 0 Å². The minimum atomic E-state index is 0.719. The summed E-state index contributed by atoms with van der Waals surface area (Å²) in [6.07, 6.45) is 1.66. The average Bonchev–Trinajstić information content (AvgIpc) is 2.96.